The molecule has 0 amide bonds. The van der Waals surface area contributed by atoms with Crippen molar-refractivity contribution in [2.75, 3.05) is 0 Å². The highest BCUT2D eigenvalue weighted by atomic mass is 32.3. The first-order valence-corrected chi connectivity index (χ1v) is 5.00. The van der Waals surface area contributed by atoms with Gasteiger partial charge in [0, 0.05) is 6.42 Å². The van der Waals surface area contributed by atoms with Gasteiger partial charge in [-0.1, -0.05) is 19.8 Å². The van der Waals surface area contributed by atoms with Crippen LogP contribution in [0.5, 0.6) is 0 Å². The molecule has 0 aliphatic heterocycles. The fourth-order valence-corrected chi connectivity index (χ4v) is 1.03. The van der Waals surface area contributed by atoms with Crippen LogP contribution >= 0.6 is 0 Å². The van der Waals surface area contributed by atoms with Crippen molar-refractivity contribution in [2.24, 2.45) is 0 Å². The van der Waals surface area contributed by atoms with Crippen molar-refractivity contribution in [2.45, 2.75) is 32.8 Å². The molecule has 0 spiro atoms. The Labute approximate surface area is 72.9 Å². The van der Waals surface area contributed by atoms with E-state index in [1.807, 2.05) is 6.92 Å². The van der Waals surface area contributed by atoms with Crippen LogP contribution in [0.15, 0.2) is 0 Å². The Morgan fingerprint density at radius 1 is 1.50 bits per heavy atom. The lowest BCUT2D eigenvalue weighted by molar-refractivity contribution is 0.223. The summed E-state index contributed by atoms with van der Waals surface area (Å²) in [5, 5.41) is 0. The van der Waals surface area contributed by atoms with Crippen molar-refractivity contribution in [1.82, 2.24) is 0 Å². The monoisotopic (exact) mass is 192 g/mol. The summed E-state index contributed by atoms with van der Waals surface area (Å²) in [5.41, 5.74) is 0. The SMILES string of the molecule is CCC#C[C@H](CC)OS(=O)(=O)O. The summed E-state index contributed by atoms with van der Waals surface area (Å²) < 4.78 is 33.0. The molecule has 5 heteroatoms. The summed E-state index contributed by atoms with van der Waals surface area (Å²) in [7, 11) is -4.37. The Bertz CT molecular complexity index is 270. The van der Waals surface area contributed by atoms with Crippen LogP contribution in [-0.2, 0) is 14.6 Å². The van der Waals surface area contributed by atoms with Crippen LogP contribution in [0, 0.1) is 11.8 Å². The lowest BCUT2D eigenvalue weighted by Crippen LogP contribution is -2.14. The molecule has 0 rings (SSSR count). The second-order valence-electron chi connectivity index (χ2n) is 2.10. The van der Waals surface area contributed by atoms with Crippen molar-refractivity contribution in [1.29, 1.82) is 0 Å². The fraction of sp³-hybridized carbons (Fsp3) is 0.714. The van der Waals surface area contributed by atoms with Crippen molar-refractivity contribution >= 4 is 10.4 Å². The zero-order valence-corrected chi connectivity index (χ0v) is 7.89. The molecule has 0 heterocycles. The maximum absolute atomic E-state index is 10.2. The van der Waals surface area contributed by atoms with Crippen LogP contribution in [-0.4, -0.2) is 19.1 Å². The van der Waals surface area contributed by atoms with Gasteiger partial charge in [-0.15, -0.1) is 5.92 Å². The lowest BCUT2D eigenvalue weighted by Gasteiger charge is -2.04. The molecule has 0 fully saturated rings. The third kappa shape index (κ3) is 6.16. The Morgan fingerprint density at radius 3 is 2.42 bits per heavy atom. The van der Waals surface area contributed by atoms with E-state index in [4.69, 9.17) is 4.55 Å². The number of rotatable bonds is 3. The number of hydrogen-bond acceptors (Lipinski definition) is 3. The first-order chi connectivity index (χ1) is 5.49. The standard InChI is InChI=1S/C7H12O4S/c1-3-5-6-7(4-2)11-12(8,9)10/h7H,3-4H2,1-2H3,(H,8,9,10)/t7-/m0/s1. The smallest absolute Gasteiger partial charge is 0.263 e. The molecule has 0 aromatic heterocycles. The van der Waals surface area contributed by atoms with Crippen LogP contribution in [0.25, 0.3) is 0 Å². The molecule has 0 aromatic carbocycles. The van der Waals surface area contributed by atoms with Crippen LogP contribution in [0.2, 0.25) is 0 Å². The molecule has 0 saturated carbocycles. The van der Waals surface area contributed by atoms with Crippen LogP contribution in [0.4, 0.5) is 0 Å². The molecule has 4 nitrogen and oxygen atoms in total. The van der Waals surface area contributed by atoms with Gasteiger partial charge in [-0.3, -0.25) is 4.55 Å². The van der Waals surface area contributed by atoms with E-state index in [2.05, 4.69) is 16.0 Å². The summed E-state index contributed by atoms with van der Waals surface area (Å²) >= 11 is 0. The summed E-state index contributed by atoms with van der Waals surface area (Å²) in [5.74, 6) is 5.24. The average molecular weight is 192 g/mol. The molecule has 70 valence electrons. The topological polar surface area (TPSA) is 63.6 Å². The quantitative estimate of drug-likeness (QED) is 0.535. The van der Waals surface area contributed by atoms with Gasteiger partial charge in [0.25, 0.3) is 0 Å². The highest BCUT2D eigenvalue weighted by Crippen LogP contribution is 2.00. The van der Waals surface area contributed by atoms with E-state index in [0.29, 0.717) is 12.8 Å². The molecular formula is C7H12O4S. The Balaban J connectivity index is 4.19. The van der Waals surface area contributed by atoms with E-state index >= 15 is 0 Å². The first kappa shape index (κ1) is 11.4. The van der Waals surface area contributed by atoms with Crippen molar-refractivity contribution in [3.05, 3.63) is 0 Å². The molecule has 0 aromatic rings. The normalized spacial score (nSPS) is 13.2. The van der Waals surface area contributed by atoms with E-state index in [0.717, 1.165) is 0 Å². The van der Waals surface area contributed by atoms with E-state index in [1.54, 1.807) is 6.92 Å². The minimum atomic E-state index is -4.37. The zero-order valence-electron chi connectivity index (χ0n) is 7.07. The van der Waals surface area contributed by atoms with Gasteiger partial charge in [-0.05, 0) is 6.42 Å². The second kappa shape index (κ2) is 5.14. The van der Waals surface area contributed by atoms with Crippen LogP contribution in [0.3, 0.4) is 0 Å². The molecule has 0 aliphatic carbocycles. The second-order valence-corrected chi connectivity index (χ2v) is 3.14. The summed E-state index contributed by atoms with van der Waals surface area (Å²) in [6, 6.07) is 0. The highest BCUT2D eigenvalue weighted by molar-refractivity contribution is 7.80. The Morgan fingerprint density at radius 2 is 2.08 bits per heavy atom. The molecule has 0 unspecified atom stereocenters. The van der Waals surface area contributed by atoms with E-state index in [9.17, 15) is 8.42 Å². The molecule has 0 saturated heterocycles. The molecule has 0 aliphatic rings. The molecule has 1 atom stereocenters. The maximum atomic E-state index is 10.2. The van der Waals surface area contributed by atoms with Gasteiger partial charge in [-0.25, -0.2) is 4.18 Å². The van der Waals surface area contributed by atoms with Gasteiger partial charge < -0.3 is 0 Å². The predicted octanol–water partition coefficient (Wildman–Crippen LogP) is 0.998. The van der Waals surface area contributed by atoms with Crippen molar-refractivity contribution in [3.63, 3.8) is 0 Å². The summed E-state index contributed by atoms with van der Waals surface area (Å²) in [6.07, 6.45) is 0.318. The van der Waals surface area contributed by atoms with Gasteiger partial charge in [-0.2, -0.15) is 8.42 Å². The largest absolute Gasteiger partial charge is 0.398 e. The van der Waals surface area contributed by atoms with E-state index in [1.165, 1.54) is 0 Å². The van der Waals surface area contributed by atoms with Gasteiger partial charge in [0.1, 0.15) is 6.10 Å². The number of hydrogen-bond donors (Lipinski definition) is 1. The fourth-order valence-electron chi connectivity index (χ4n) is 0.557. The Hall–Kier alpha value is -0.570. The first-order valence-electron chi connectivity index (χ1n) is 3.63. The predicted molar refractivity (Wildman–Crippen MR) is 44.8 cm³/mol. The minimum absolute atomic E-state index is 0.423. The lowest BCUT2D eigenvalue weighted by atomic mass is 10.3. The van der Waals surface area contributed by atoms with E-state index in [-0.39, 0.29) is 0 Å². The zero-order chi connectivity index (χ0) is 9.61. The minimum Gasteiger partial charge on any atom is -0.263 e. The molecule has 12 heavy (non-hydrogen) atoms. The van der Waals surface area contributed by atoms with Gasteiger partial charge in [0.15, 0.2) is 0 Å². The third-order valence-corrected chi connectivity index (χ3v) is 1.52. The highest BCUT2D eigenvalue weighted by Gasteiger charge is 2.11. The summed E-state index contributed by atoms with van der Waals surface area (Å²) in [6.45, 7) is 3.56. The third-order valence-electron chi connectivity index (χ3n) is 1.05. The van der Waals surface area contributed by atoms with Gasteiger partial charge in [0.2, 0.25) is 0 Å². The summed E-state index contributed by atoms with van der Waals surface area (Å²) in [4.78, 5) is 0. The van der Waals surface area contributed by atoms with E-state index < -0.39 is 16.5 Å². The van der Waals surface area contributed by atoms with Crippen LogP contribution < -0.4 is 0 Å². The average Bonchev–Trinajstić information content (AvgIpc) is 1.95. The molecule has 1 N–H and O–H groups in total. The Kier molecular flexibility index (Phi) is 4.90. The van der Waals surface area contributed by atoms with Gasteiger partial charge in [0.05, 0.1) is 0 Å². The molecule has 0 bridgehead atoms. The van der Waals surface area contributed by atoms with Gasteiger partial charge >= 0.3 is 10.4 Å². The molecular weight excluding hydrogens is 180 g/mol. The van der Waals surface area contributed by atoms with Crippen LogP contribution in [0.1, 0.15) is 26.7 Å². The van der Waals surface area contributed by atoms with Crippen molar-refractivity contribution < 1.29 is 17.2 Å². The van der Waals surface area contributed by atoms with Crippen molar-refractivity contribution in [3.8, 4) is 11.8 Å². The maximum Gasteiger partial charge on any atom is 0.398 e. The molecule has 0 radical (unpaired) electrons.